The van der Waals surface area contributed by atoms with Gasteiger partial charge in [0.2, 0.25) is 5.91 Å². The third-order valence-corrected chi connectivity index (χ3v) is 2.31. The van der Waals surface area contributed by atoms with E-state index < -0.39 is 0 Å². The standard InChI is InChI=1S/C10H12BrN3O2/c11-7-3-4-8(14-6-7)10(16)13-5-1-2-9(12)15/h3-4,6H,1-2,5H2,(H2,12,15)(H,13,16). The number of nitrogens with two attached hydrogens (primary N) is 1. The van der Waals surface area contributed by atoms with Crippen molar-refractivity contribution in [2.75, 3.05) is 6.54 Å². The zero-order chi connectivity index (χ0) is 12.0. The Morgan fingerprint density at radius 1 is 1.44 bits per heavy atom. The number of hydrogen-bond donors (Lipinski definition) is 2. The first-order valence-corrected chi connectivity index (χ1v) is 5.57. The molecule has 0 aromatic carbocycles. The average molecular weight is 286 g/mol. The molecule has 0 saturated heterocycles. The molecule has 1 heterocycles. The number of nitrogens with zero attached hydrogens (tertiary/aromatic N) is 1. The van der Waals surface area contributed by atoms with E-state index in [4.69, 9.17) is 5.73 Å². The number of halogens is 1. The average Bonchev–Trinajstić information content (AvgIpc) is 2.25. The number of hydrogen-bond acceptors (Lipinski definition) is 3. The van der Waals surface area contributed by atoms with Crippen LogP contribution in [0, 0.1) is 0 Å². The molecule has 1 aromatic heterocycles. The highest BCUT2D eigenvalue weighted by atomic mass is 79.9. The van der Waals surface area contributed by atoms with Gasteiger partial charge in [-0.25, -0.2) is 4.98 Å². The maximum atomic E-state index is 11.5. The van der Waals surface area contributed by atoms with Crippen LogP contribution in [0.15, 0.2) is 22.8 Å². The lowest BCUT2D eigenvalue weighted by molar-refractivity contribution is -0.118. The van der Waals surface area contributed by atoms with E-state index in [1.54, 1.807) is 18.3 Å². The number of amides is 2. The largest absolute Gasteiger partial charge is 0.370 e. The third kappa shape index (κ3) is 4.39. The van der Waals surface area contributed by atoms with E-state index in [2.05, 4.69) is 26.2 Å². The van der Waals surface area contributed by atoms with E-state index in [0.717, 1.165) is 4.47 Å². The third-order valence-electron chi connectivity index (χ3n) is 1.85. The molecule has 0 aliphatic carbocycles. The maximum absolute atomic E-state index is 11.5. The van der Waals surface area contributed by atoms with E-state index >= 15 is 0 Å². The predicted molar refractivity (Wildman–Crippen MR) is 62.7 cm³/mol. The summed E-state index contributed by atoms with van der Waals surface area (Å²) in [7, 11) is 0. The minimum atomic E-state index is -0.365. The highest BCUT2D eigenvalue weighted by Gasteiger charge is 2.05. The number of carbonyl (C=O) groups excluding carboxylic acids is 2. The summed E-state index contributed by atoms with van der Waals surface area (Å²) in [5.74, 6) is -0.618. The van der Waals surface area contributed by atoms with Crippen molar-refractivity contribution in [3.63, 3.8) is 0 Å². The number of carbonyl (C=O) groups is 2. The van der Waals surface area contributed by atoms with Gasteiger partial charge in [0, 0.05) is 23.6 Å². The molecule has 6 heteroatoms. The van der Waals surface area contributed by atoms with Crippen molar-refractivity contribution in [3.8, 4) is 0 Å². The van der Waals surface area contributed by atoms with Crippen molar-refractivity contribution in [2.24, 2.45) is 5.73 Å². The Morgan fingerprint density at radius 3 is 2.75 bits per heavy atom. The Morgan fingerprint density at radius 2 is 2.19 bits per heavy atom. The molecule has 3 N–H and O–H groups in total. The molecule has 0 spiro atoms. The fourth-order valence-corrected chi connectivity index (χ4v) is 1.30. The molecule has 2 amide bonds. The van der Waals surface area contributed by atoms with Crippen LogP contribution in [-0.4, -0.2) is 23.3 Å². The molecule has 0 radical (unpaired) electrons. The van der Waals surface area contributed by atoms with Crippen LogP contribution in [0.4, 0.5) is 0 Å². The van der Waals surface area contributed by atoms with Crippen molar-refractivity contribution in [1.29, 1.82) is 0 Å². The number of rotatable bonds is 5. The van der Waals surface area contributed by atoms with E-state index in [1.807, 2.05) is 0 Å². The van der Waals surface area contributed by atoms with E-state index in [1.165, 1.54) is 0 Å². The second-order valence-corrected chi connectivity index (χ2v) is 4.10. The molecule has 0 aliphatic rings. The lowest BCUT2D eigenvalue weighted by Crippen LogP contribution is -2.26. The van der Waals surface area contributed by atoms with Crippen LogP contribution < -0.4 is 11.1 Å². The second kappa shape index (κ2) is 6.22. The first-order chi connectivity index (χ1) is 7.59. The summed E-state index contributed by atoms with van der Waals surface area (Å²) in [6.07, 6.45) is 2.37. The van der Waals surface area contributed by atoms with Crippen LogP contribution >= 0.6 is 15.9 Å². The molecule has 1 rings (SSSR count). The Kier molecular flexibility index (Phi) is 4.91. The first kappa shape index (κ1) is 12.6. The van der Waals surface area contributed by atoms with Gasteiger partial charge in [-0.1, -0.05) is 0 Å². The summed E-state index contributed by atoms with van der Waals surface area (Å²) in [5, 5.41) is 2.65. The normalized spacial score (nSPS) is 9.81. The number of aromatic nitrogens is 1. The van der Waals surface area contributed by atoms with Crippen LogP contribution in [0.1, 0.15) is 23.3 Å². The second-order valence-electron chi connectivity index (χ2n) is 3.19. The minimum Gasteiger partial charge on any atom is -0.370 e. The van der Waals surface area contributed by atoms with E-state index in [9.17, 15) is 9.59 Å². The molecule has 0 aliphatic heterocycles. The highest BCUT2D eigenvalue weighted by Crippen LogP contribution is 2.07. The van der Waals surface area contributed by atoms with Gasteiger partial charge in [0.15, 0.2) is 0 Å². The van der Waals surface area contributed by atoms with Crippen molar-refractivity contribution in [3.05, 3.63) is 28.5 Å². The molecule has 0 saturated carbocycles. The summed E-state index contributed by atoms with van der Waals surface area (Å²) < 4.78 is 0.817. The van der Waals surface area contributed by atoms with Crippen LogP contribution in [0.25, 0.3) is 0 Å². The van der Waals surface area contributed by atoms with Crippen LogP contribution in [-0.2, 0) is 4.79 Å². The molecule has 5 nitrogen and oxygen atoms in total. The van der Waals surface area contributed by atoms with Crippen molar-refractivity contribution in [2.45, 2.75) is 12.8 Å². The Balaban J connectivity index is 2.35. The molecular formula is C10H12BrN3O2. The van der Waals surface area contributed by atoms with Gasteiger partial charge in [-0.3, -0.25) is 9.59 Å². The minimum absolute atomic E-state index is 0.253. The molecular weight excluding hydrogens is 274 g/mol. The smallest absolute Gasteiger partial charge is 0.269 e. The van der Waals surface area contributed by atoms with E-state index in [-0.39, 0.29) is 18.2 Å². The van der Waals surface area contributed by atoms with Crippen LogP contribution in [0.3, 0.4) is 0 Å². The maximum Gasteiger partial charge on any atom is 0.269 e. The Labute approximate surface area is 102 Å². The first-order valence-electron chi connectivity index (χ1n) is 4.77. The Hall–Kier alpha value is -1.43. The fraction of sp³-hybridized carbons (Fsp3) is 0.300. The fourth-order valence-electron chi connectivity index (χ4n) is 1.07. The van der Waals surface area contributed by atoms with Gasteiger partial charge in [-0.05, 0) is 34.5 Å². The van der Waals surface area contributed by atoms with Gasteiger partial charge in [0.05, 0.1) is 0 Å². The van der Waals surface area contributed by atoms with Gasteiger partial charge in [-0.15, -0.1) is 0 Å². The lowest BCUT2D eigenvalue weighted by atomic mass is 10.3. The zero-order valence-corrected chi connectivity index (χ0v) is 10.2. The van der Waals surface area contributed by atoms with Crippen LogP contribution in [0.5, 0.6) is 0 Å². The summed E-state index contributed by atoms with van der Waals surface area (Å²) in [6.45, 7) is 0.416. The summed E-state index contributed by atoms with van der Waals surface area (Å²) in [4.78, 5) is 25.9. The predicted octanol–water partition coefficient (Wildman–Crippen LogP) is 0.839. The summed E-state index contributed by atoms with van der Waals surface area (Å²) in [5.41, 5.74) is 5.32. The number of nitrogens with one attached hydrogen (secondary N) is 1. The summed E-state index contributed by atoms with van der Waals surface area (Å²) >= 11 is 3.23. The lowest BCUT2D eigenvalue weighted by Gasteiger charge is -2.03. The van der Waals surface area contributed by atoms with Gasteiger partial charge in [-0.2, -0.15) is 0 Å². The molecule has 16 heavy (non-hydrogen) atoms. The van der Waals surface area contributed by atoms with Gasteiger partial charge >= 0.3 is 0 Å². The molecule has 0 fully saturated rings. The highest BCUT2D eigenvalue weighted by molar-refractivity contribution is 9.10. The summed E-state index contributed by atoms with van der Waals surface area (Å²) in [6, 6.07) is 3.36. The van der Waals surface area contributed by atoms with Crippen molar-refractivity contribution in [1.82, 2.24) is 10.3 Å². The monoisotopic (exact) mass is 285 g/mol. The molecule has 1 aromatic rings. The SMILES string of the molecule is NC(=O)CCCNC(=O)c1ccc(Br)cn1. The quantitative estimate of drug-likeness (QED) is 0.786. The zero-order valence-electron chi connectivity index (χ0n) is 8.57. The van der Waals surface area contributed by atoms with Gasteiger partial charge in [0.25, 0.3) is 5.91 Å². The number of pyridine rings is 1. The number of primary amides is 1. The molecule has 86 valence electrons. The van der Waals surface area contributed by atoms with Crippen molar-refractivity contribution >= 4 is 27.7 Å². The van der Waals surface area contributed by atoms with Gasteiger partial charge in [0.1, 0.15) is 5.69 Å². The van der Waals surface area contributed by atoms with Gasteiger partial charge < -0.3 is 11.1 Å². The van der Waals surface area contributed by atoms with E-state index in [0.29, 0.717) is 18.7 Å². The topological polar surface area (TPSA) is 85.1 Å². The van der Waals surface area contributed by atoms with Crippen LogP contribution in [0.2, 0.25) is 0 Å². The molecule has 0 unspecified atom stereocenters. The van der Waals surface area contributed by atoms with Crippen molar-refractivity contribution < 1.29 is 9.59 Å². The Bertz CT molecular complexity index is 378. The molecule has 0 bridgehead atoms. The molecule has 0 atom stereocenters.